The van der Waals surface area contributed by atoms with Gasteiger partial charge in [0.15, 0.2) is 0 Å². The first-order valence-corrected chi connectivity index (χ1v) is 6.83. The van der Waals surface area contributed by atoms with E-state index in [1.54, 1.807) is 19.1 Å². The summed E-state index contributed by atoms with van der Waals surface area (Å²) in [5.41, 5.74) is 1.89. The molecule has 5 heteroatoms. The first-order valence-electron chi connectivity index (χ1n) is 4.02. The summed E-state index contributed by atoms with van der Waals surface area (Å²) < 4.78 is 23.1. The minimum atomic E-state index is -3.44. The third kappa shape index (κ3) is 1.27. The maximum Gasteiger partial charge on any atom is 0.238 e. The molecule has 0 aromatic heterocycles. The Balaban J connectivity index is 2.89. The molecule has 2 rings (SSSR count). The zero-order valence-electron chi connectivity index (χ0n) is 7.70. The standard InChI is InChI=1S/C9H8O3S2/c1-5-3-6(2)8-7(4-5)9(10)13-14(8,11)12/h3-4H,1-2H3. The van der Waals surface area contributed by atoms with Crippen molar-refractivity contribution >= 4 is 24.8 Å². The van der Waals surface area contributed by atoms with Crippen LogP contribution in [0.4, 0.5) is 0 Å². The van der Waals surface area contributed by atoms with Gasteiger partial charge in [-0.3, -0.25) is 4.79 Å². The normalized spacial score (nSPS) is 18.3. The Morgan fingerprint density at radius 1 is 1.21 bits per heavy atom. The summed E-state index contributed by atoms with van der Waals surface area (Å²) in [7, 11) is -3.03. The lowest BCUT2D eigenvalue weighted by molar-refractivity contribution is 0.108. The smallest absolute Gasteiger partial charge is 0.238 e. The average Bonchev–Trinajstić information content (AvgIpc) is 2.21. The van der Waals surface area contributed by atoms with E-state index in [2.05, 4.69) is 0 Å². The summed E-state index contributed by atoms with van der Waals surface area (Å²) in [6.45, 7) is 3.55. The van der Waals surface area contributed by atoms with Gasteiger partial charge in [-0.25, -0.2) is 8.42 Å². The van der Waals surface area contributed by atoms with Crippen LogP contribution in [0, 0.1) is 13.8 Å². The van der Waals surface area contributed by atoms with Crippen molar-refractivity contribution in [3.63, 3.8) is 0 Å². The quantitative estimate of drug-likeness (QED) is 0.636. The van der Waals surface area contributed by atoms with Gasteiger partial charge in [-0.2, -0.15) is 0 Å². The molecule has 0 bridgehead atoms. The Labute approximate surface area is 85.8 Å². The number of rotatable bonds is 0. The van der Waals surface area contributed by atoms with Crippen molar-refractivity contribution in [1.82, 2.24) is 0 Å². The van der Waals surface area contributed by atoms with Crippen molar-refractivity contribution in [2.45, 2.75) is 18.7 Å². The lowest BCUT2D eigenvalue weighted by atomic mass is 10.1. The molecular formula is C9H8O3S2. The summed E-state index contributed by atoms with van der Waals surface area (Å²) in [5.74, 6) is 0. The number of aryl methyl sites for hydroxylation is 2. The Bertz CT molecular complexity index is 529. The molecule has 1 aliphatic rings. The van der Waals surface area contributed by atoms with Gasteiger partial charge < -0.3 is 0 Å². The molecule has 0 spiro atoms. The lowest BCUT2D eigenvalue weighted by Gasteiger charge is -2.02. The van der Waals surface area contributed by atoms with Crippen LogP contribution in [0.2, 0.25) is 0 Å². The van der Waals surface area contributed by atoms with Crippen LogP contribution in [0.25, 0.3) is 0 Å². The zero-order valence-corrected chi connectivity index (χ0v) is 9.33. The van der Waals surface area contributed by atoms with E-state index in [9.17, 15) is 13.2 Å². The highest BCUT2D eigenvalue weighted by Gasteiger charge is 2.36. The predicted octanol–water partition coefficient (Wildman–Crippen LogP) is 1.88. The number of carbonyl (C=O) groups is 1. The van der Waals surface area contributed by atoms with Crippen molar-refractivity contribution < 1.29 is 13.2 Å². The molecule has 0 amide bonds. The van der Waals surface area contributed by atoms with E-state index in [1.165, 1.54) is 0 Å². The number of fused-ring (bicyclic) bond motifs is 1. The van der Waals surface area contributed by atoms with E-state index in [4.69, 9.17) is 0 Å². The predicted molar refractivity (Wildman–Crippen MR) is 55.0 cm³/mol. The van der Waals surface area contributed by atoms with Crippen molar-refractivity contribution in [2.75, 3.05) is 0 Å². The lowest BCUT2D eigenvalue weighted by Crippen LogP contribution is -1.95. The van der Waals surface area contributed by atoms with Crippen molar-refractivity contribution in [2.24, 2.45) is 0 Å². The molecule has 1 aromatic rings. The number of hydrogen-bond acceptors (Lipinski definition) is 4. The van der Waals surface area contributed by atoms with Gasteiger partial charge in [0.1, 0.15) is 0 Å². The molecule has 0 aliphatic carbocycles. The highest BCUT2D eigenvalue weighted by molar-refractivity contribution is 8.78. The van der Waals surface area contributed by atoms with Crippen LogP contribution in [0.3, 0.4) is 0 Å². The number of hydrogen-bond donors (Lipinski definition) is 0. The topological polar surface area (TPSA) is 51.2 Å². The molecule has 0 N–H and O–H groups in total. The maximum absolute atomic E-state index is 11.5. The Morgan fingerprint density at radius 3 is 2.50 bits per heavy atom. The number of benzene rings is 1. The van der Waals surface area contributed by atoms with Gasteiger partial charge in [-0.15, -0.1) is 0 Å². The second-order valence-electron chi connectivity index (χ2n) is 3.28. The molecule has 1 aromatic carbocycles. The molecule has 3 nitrogen and oxygen atoms in total. The fraction of sp³-hybridized carbons (Fsp3) is 0.222. The first-order chi connectivity index (χ1) is 6.42. The Kier molecular flexibility index (Phi) is 1.97. The fourth-order valence-electron chi connectivity index (χ4n) is 1.62. The molecule has 0 fully saturated rings. The van der Waals surface area contributed by atoms with Gasteiger partial charge in [-0.1, -0.05) is 11.6 Å². The second-order valence-corrected chi connectivity index (χ2v) is 6.95. The summed E-state index contributed by atoms with van der Waals surface area (Å²) in [6, 6.07) is 3.40. The number of carbonyl (C=O) groups excluding carboxylic acids is 1. The van der Waals surface area contributed by atoms with Crippen molar-refractivity contribution in [1.29, 1.82) is 0 Å². The minimum Gasteiger partial charge on any atom is -0.280 e. The summed E-state index contributed by atoms with van der Waals surface area (Å²) >= 11 is 0. The maximum atomic E-state index is 11.5. The molecule has 0 saturated carbocycles. The third-order valence-corrected chi connectivity index (χ3v) is 5.32. The van der Waals surface area contributed by atoms with Gasteiger partial charge in [0.25, 0.3) is 0 Å². The zero-order chi connectivity index (χ0) is 10.5. The van der Waals surface area contributed by atoms with Gasteiger partial charge >= 0.3 is 0 Å². The Morgan fingerprint density at radius 2 is 1.86 bits per heavy atom. The van der Waals surface area contributed by atoms with Gasteiger partial charge in [0.2, 0.25) is 14.0 Å². The monoisotopic (exact) mass is 228 g/mol. The second kappa shape index (κ2) is 2.84. The minimum absolute atomic E-state index is 0.193. The van der Waals surface area contributed by atoms with Crippen LogP contribution < -0.4 is 0 Å². The summed E-state index contributed by atoms with van der Waals surface area (Å²) in [6.07, 6.45) is 0. The molecular weight excluding hydrogens is 220 g/mol. The van der Waals surface area contributed by atoms with E-state index < -0.39 is 8.87 Å². The SMILES string of the molecule is Cc1cc(C)c2c(c1)C(=O)SS2(=O)=O. The highest BCUT2D eigenvalue weighted by atomic mass is 33.1. The Hall–Kier alpha value is -0.810. The van der Waals surface area contributed by atoms with Crippen LogP contribution in [-0.4, -0.2) is 13.5 Å². The molecule has 1 heterocycles. The molecule has 14 heavy (non-hydrogen) atoms. The molecule has 0 unspecified atom stereocenters. The van der Waals surface area contributed by atoms with Crippen LogP contribution in [0.15, 0.2) is 17.0 Å². The van der Waals surface area contributed by atoms with Gasteiger partial charge in [0.05, 0.1) is 15.7 Å². The largest absolute Gasteiger partial charge is 0.280 e. The first kappa shape index (κ1) is 9.73. The van der Waals surface area contributed by atoms with Crippen LogP contribution in [-0.2, 0) is 8.87 Å². The third-order valence-electron chi connectivity index (χ3n) is 2.07. The van der Waals surface area contributed by atoms with E-state index in [0.717, 1.165) is 5.56 Å². The summed E-state index contributed by atoms with van der Waals surface area (Å²) in [4.78, 5) is 11.6. The van der Waals surface area contributed by atoms with Crippen LogP contribution in [0.5, 0.6) is 0 Å². The van der Waals surface area contributed by atoms with Crippen molar-refractivity contribution in [3.8, 4) is 0 Å². The molecule has 0 radical (unpaired) electrons. The van der Waals surface area contributed by atoms with E-state index in [0.29, 0.717) is 21.9 Å². The fourth-order valence-corrected chi connectivity index (χ4v) is 4.88. The highest BCUT2D eigenvalue weighted by Crippen LogP contribution is 2.40. The van der Waals surface area contributed by atoms with Crippen LogP contribution >= 0.6 is 10.8 Å². The van der Waals surface area contributed by atoms with Gasteiger partial charge in [0, 0.05) is 5.56 Å². The van der Waals surface area contributed by atoms with Gasteiger partial charge in [-0.05, 0) is 25.5 Å². The molecule has 1 aliphatic heterocycles. The van der Waals surface area contributed by atoms with E-state index >= 15 is 0 Å². The molecule has 74 valence electrons. The van der Waals surface area contributed by atoms with E-state index in [-0.39, 0.29) is 10.0 Å². The molecule has 0 saturated heterocycles. The van der Waals surface area contributed by atoms with Crippen LogP contribution in [0.1, 0.15) is 21.5 Å². The average molecular weight is 228 g/mol. The molecule has 0 atom stereocenters. The van der Waals surface area contributed by atoms with Crippen molar-refractivity contribution in [3.05, 3.63) is 28.8 Å². The van der Waals surface area contributed by atoms with E-state index in [1.807, 2.05) is 6.92 Å². The summed E-state index contributed by atoms with van der Waals surface area (Å²) in [5, 5.41) is -0.369.